The largest absolute Gasteiger partial charge is 0.395 e. The maximum atomic E-state index is 8.48. The summed E-state index contributed by atoms with van der Waals surface area (Å²) in [5.41, 5.74) is 9.24. The van der Waals surface area contributed by atoms with E-state index in [1.54, 1.807) is 4.90 Å². The van der Waals surface area contributed by atoms with Crippen LogP contribution in [0.2, 0.25) is 0 Å². The average molecular weight is 225 g/mol. The summed E-state index contributed by atoms with van der Waals surface area (Å²) in [6.07, 6.45) is 0. The van der Waals surface area contributed by atoms with Gasteiger partial charge in [0.15, 0.2) is 5.11 Å². The molecule has 0 rings (SSSR count). The first-order valence-corrected chi connectivity index (χ1v) is 4.59. The van der Waals surface area contributed by atoms with E-state index in [0.717, 1.165) is 0 Å². The molecule has 0 aromatic rings. The zero-order valence-electron chi connectivity index (χ0n) is 8.09. The molecule has 0 unspecified atom stereocenters. The third-order valence-electron chi connectivity index (χ3n) is 1.25. The van der Waals surface area contributed by atoms with Crippen molar-refractivity contribution < 1.29 is 15.3 Å². The highest BCUT2D eigenvalue weighted by molar-refractivity contribution is 7.80. The number of hydrogen-bond acceptors (Lipinski definition) is 5. The van der Waals surface area contributed by atoms with Crippen LogP contribution in [0.1, 0.15) is 0 Å². The number of aliphatic hydroxyl groups is 3. The van der Waals surface area contributed by atoms with E-state index in [2.05, 4.69) is 23.7 Å². The fourth-order valence-electron chi connectivity index (χ4n) is 0.760. The molecule has 0 aliphatic heterocycles. The van der Waals surface area contributed by atoms with Gasteiger partial charge in [-0.05, 0) is 12.2 Å². The summed E-state index contributed by atoms with van der Waals surface area (Å²) in [5.74, 6) is 0. The van der Waals surface area contributed by atoms with E-state index < -0.39 is 0 Å². The summed E-state index contributed by atoms with van der Waals surface area (Å²) in [6, 6.07) is 0. The molecule has 0 atom stereocenters. The fraction of sp³-hybridized carbons (Fsp3) is 0.857. The Balaban J connectivity index is 0. The lowest BCUT2D eigenvalue weighted by molar-refractivity contribution is 0.136. The zero-order valence-corrected chi connectivity index (χ0v) is 8.91. The highest BCUT2D eigenvalue weighted by Crippen LogP contribution is 1.84. The molecule has 0 saturated heterocycles. The molecule has 0 aromatic heterocycles. The Kier molecular flexibility index (Phi) is 14.3. The van der Waals surface area contributed by atoms with Crippen LogP contribution in [0.3, 0.4) is 0 Å². The van der Waals surface area contributed by atoms with Crippen LogP contribution in [0.4, 0.5) is 0 Å². The predicted octanol–water partition coefficient (Wildman–Crippen LogP) is -2.55. The van der Waals surface area contributed by atoms with Gasteiger partial charge < -0.3 is 26.8 Å². The minimum atomic E-state index is 0.000000000000000222. The standard InChI is InChI=1S/C6H15NO3.CH4N2S/c8-4-1-7(2-5-9)3-6-10;2-1(3)4/h8-10H,1-6H2;(H4,2,3,4). The summed E-state index contributed by atoms with van der Waals surface area (Å²) in [6.45, 7) is 1.75. The van der Waals surface area contributed by atoms with Crippen LogP contribution >= 0.6 is 12.2 Å². The lowest BCUT2D eigenvalue weighted by Crippen LogP contribution is -2.32. The number of nitrogens with zero attached hydrogens (tertiary/aromatic N) is 1. The lowest BCUT2D eigenvalue weighted by atomic mass is 10.4. The third-order valence-corrected chi connectivity index (χ3v) is 1.25. The van der Waals surface area contributed by atoms with E-state index in [-0.39, 0.29) is 24.9 Å². The summed E-state index contributed by atoms with van der Waals surface area (Å²) in [5, 5.41) is 25.5. The van der Waals surface area contributed by atoms with Crippen molar-refractivity contribution in [3.63, 3.8) is 0 Å². The molecule has 86 valence electrons. The Morgan fingerprint density at radius 1 is 0.929 bits per heavy atom. The lowest BCUT2D eigenvalue weighted by Gasteiger charge is -2.17. The number of aliphatic hydroxyl groups excluding tert-OH is 3. The SMILES string of the molecule is NC(N)=S.OCCN(CCO)CCO. The molecule has 0 saturated carbocycles. The van der Waals surface area contributed by atoms with Crippen molar-refractivity contribution in [2.75, 3.05) is 39.5 Å². The molecule has 6 nitrogen and oxygen atoms in total. The summed E-state index contributed by atoms with van der Waals surface area (Å²) in [7, 11) is 0. The second-order valence-corrected chi connectivity index (χ2v) is 2.89. The van der Waals surface area contributed by atoms with Crippen LogP contribution in [0, 0.1) is 0 Å². The first kappa shape index (κ1) is 16.0. The first-order chi connectivity index (χ1) is 6.58. The van der Waals surface area contributed by atoms with E-state index in [1.807, 2.05) is 0 Å². The van der Waals surface area contributed by atoms with Crippen LogP contribution < -0.4 is 11.5 Å². The molecule has 0 radical (unpaired) electrons. The van der Waals surface area contributed by atoms with E-state index in [4.69, 9.17) is 15.3 Å². The van der Waals surface area contributed by atoms with Gasteiger partial charge in [-0.1, -0.05) is 0 Å². The van der Waals surface area contributed by atoms with Gasteiger partial charge in [-0.3, -0.25) is 4.90 Å². The fourth-order valence-corrected chi connectivity index (χ4v) is 0.760. The monoisotopic (exact) mass is 225 g/mol. The van der Waals surface area contributed by atoms with E-state index in [0.29, 0.717) is 19.6 Å². The van der Waals surface area contributed by atoms with Gasteiger partial charge in [0, 0.05) is 19.6 Å². The summed E-state index contributed by atoms with van der Waals surface area (Å²) in [4.78, 5) is 1.79. The molecule has 7 heteroatoms. The van der Waals surface area contributed by atoms with Gasteiger partial charge in [0.25, 0.3) is 0 Å². The van der Waals surface area contributed by atoms with Crippen molar-refractivity contribution >= 4 is 17.3 Å². The molecule has 0 bridgehead atoms. The second kappa shape index (κ2) is 12.5. The molecule has 0 fully saturated rings. The van der Waals surface area contributed by atoms with Gasteiger partial charge in [0.1, 0.15) is 0 Å². The number of hydrogen-bond donors (Lipinski definition) is 5. The maximum Gasteiger partial charge on any atom is 0.160 e. The molecule has 0 spiro atoms. The van der Waals surface area contributed by atoms with Gasteiger partial charge in [-0.25, -0.2) is 0 Å². The normalized spacial score (nSPS) is 9.43. The van der Waals surface area contributed by atoms with E-state index in [9.17, 15) is 0 Å². The summed E-state index contributed by atoms with van der Waals surface area (Å²) < 4.78 is 0. The highest BCUT2D eigenvalue weighted by Gasteiger charge is 2.00. The topological polar surface area (TPSA) is 116 Å². The molecule has 7 N–H and O–H groups in total. The Morgan fingerprint density at radius 3 is 1.29 bits per heavy atom. The Bertz CT molecular complexity index is 119. The smallest absolute Gasteiger partial charge is 0.160 e. The maximum absolute atomic E-state index is 8.48. The molecule has 0 aliphatic rings. The van der Waals surface area contributed by atoms with E-state index in [1.165, 1.54) is 0 Å². The predicted molar refractivity (Wildman–Crippen MR) is 58.7 cm³/mol. The molecular formula is C7H19N3O3S. The van der Waals surface area contributed by atoms with Crippen LogP contribution in [0.25, 0.3) is 0 Å². The van der Waals surface area contributed by atoms with Crippen molar-refractivity contribution in [1.82, 2.24) is 4.90 Å². The molecule has 0 aliphatic carbocycles. The van der Waals surface area contributed by atoms with Crippen LogP contribution in [-0.2, 0) is 0 Å². The molecule has 0 amide bonds. The molecule has 0 aromatic carbocycles. The van der Waals surface area contributed by atoms with Gasteiger partial charge in [-0.15, -0.1) is 0 Å². The highest BCUT2D eigenvalue weighted by atomic mass is 32.1. The van der Waals surface area contributed by atoms with Gasteiger partial charge in [0.2, 0.25) is 0 Å². The van der Waals surface area contributed by atoms with Crippen molar-refractivity contribution in [3.05, 3.63) is 0 Å². The average Bonchev–Trinajstić information content (AvgIpc) is 2.04. The third kappa shape index (κ3) is 17.6. The van der Waals surface area contributed by atoms with Crippen molar-refractivity contribution in [2.45, 2.75) is 0 Å². The summed E-state index contributed by atoms with van der Waals surface area (Å²) >= 11 is 4.09. The van der Waals surface area contributed by atoms with Crippen molar-refractivity contribution in [2.24, 2.45) is 11.5 Å². The zero-order chi connectivity index (χ0) is 11.4. The second-order valence-electron chi connectivity index (χ2n) is 2.41. The van der Waals surface area contributed by atoms with Gasteiger partial charge in [0.05, 0.1) is 19.8 Å². The number of rotatable bonds is 6. The van der Waals surface area contributed by atoms with Gasteiger partial charge in [-0.2, -0.15) is 0 Å². The Labute approximate surface area is 89.1 Å². The Morgan fingerprint density at radius 2 is 1.14 bits per heavy atom. The molecule has 14 heavy (non-hydrogen) atoms. The van der Waals surface area contributed by atoms with Crippen LogP contribution in [-0.4, -0.2) is 64.8 Å². The molecule has 0 heterocycles. The van der Waals surface area contributed by atoms with E-state index >= 15 is 0 Å². The number of thiocarbonyl (C=S) groups is 1. The molecular weight excluding hydrogens is 206 g/mol. The van der Waals surface area contributed by atoms with Crippen LogP contribution in [0.5, 0.6) is 0 Å². The van der Waals surface area contributed by atoms with Crippen molar-refractivity contribution in [3.8, 4) is 0 Å². The number of nitrogens with two attached hydrogens (primary N) is 2. The quantitative estimate of drug-likeness (QED) is 0.316. The van der Waals surface area contributed by atoms with Crippen molar-refractivity contribution in [1.29, 1.82) is 0 Å². The van der Waals surface area contributed by atoms with Gasteiger partial charge >= 0.3 is 0 Å². The first-order valence-electron chi connectivity index (χ1n) is 4.18. The minimum absolute atomic E-state index is 0.000000000000000222. The minimum Gasteiger partial charge on any atom is -0.395 e. The van der Waals surface area contributed by atoms with Crippen LogP contribution in [0.15, 0.2) is 0 Å². The Hall–Kier alpha value is -0.470.